The molecule has 0 radical (unpaired) electrons. The van der Waals surface area contributed by atoms with E-state index in [0.717, 1.165) is 9.26 Å². The van der Waals surface area contributed by atoms with Gasteiger partial charge in [0.25, 0.3) is 5.91 Å². The van der Waals surface area contributed by atoms with Crippen LogP contribution in [-0.4, -0.2) is 17.5 Å². The summed E-state index contributed by atoms with van der Waals surface area (Å²) >= 11 is 2.22. The van der Waals surface area contributed by atoms with Crippen LogP contribution < -0.4 is 10.1 Å². The standard InChI is InChI=1S/C14H13IN2O2/c15-11-4-6-13(7-5-11)19-10-14(18)17-9-12-3-1-2-8-16-12/h1-8H,9-10H2,(H,17,18). The Labute approximate surface area is 125 Å². The molecule has 1 N–H and O–H groups in total. The van der Waals surface area contributed by atoms with Crippen molar-refractivity contribution >= 4 is 28.5 Å². The predicted octanol–water partition coefficient (Wildman–Crippen LogP) is 2.38. The maximum atomic E-state index is 11.6. The van der Waals surface area contributed by atoms with E-state index in [0.29, 0.717) is 12.3 Å². The topological polar surface area (TPSA) is 51.2 Å². The maximum absolute atomic E-state index is 11.6. The Bertz CT molecular complexity index is 529. The van der Waals surface area contributed by atoms with Gasteiger partial charge in [-0.2, -0.15) is 0 Å². The third-order valence-corrected chi connectivity index (χ3v) is 3.10. The van der Waals surface area contributed by atoms with Crippen molar-refractivity contribution in [1.82, 2.24) is 10.3 Å². The SMILES string of the molecule is O=C(COc1ccc(I)cc1)NCc1ccccn1. The molecule has 98 valence electrons. The molecule has 0 atom stereocenters. The summed E-state index contributed by atoms with van der Waals surface area (Å²) in [6, 6.07) is 13.1. The molecule has 2 aromatic rings. The Hall–Kier alpha value is -1.63. The molecule has 0 bridgehead atoms. The van der Waals surface area contributed by atoms with E-state index in [-0.39, 0.29) is 12.5 Å². The molecule has 0 spiro atoms. The van der Waals surface area contributed by atoms with Gasteiger partial charge in [0.2, 0.25) is 0 Å². The summed E-state index contributed by atoms with van der Waals surface area (Å²) in [5, 5.41) is 2.75. The number of ether oxygens (including phenoxy) is 1. The molecule has 0 saturated heterocycles. The quantitative estimate of drug-likeness (QED) is 0.825. The molecule has 1 aromatic carbocycles. The summed E-state index contributed by atoms with van der Waals surface area (Å²) < 4.78 is 6.50. The molecule has 0 fully saturated rings. The van der Waals surface area contributed by atoms with Crippen molar-refractivity contribution < 1.29 is 9.53 Å². The van der Waals surface area contributed by atoms with Crippen LogP contribution in [-0.2, 0) is 11.3 Å². The van der Waals surface area contributed by atoms with Gasteiger partial charge in [0.15, 0.2) is 6.61 Å². The Balaban J connectivity index is 1.74. The Morgan fingerprint density at radius 3 is 2.68 bits per heavy atom. The number of pyridine rings is 1. The molecule has 1 aromatic heterocycles. The summed E-state index contributed by atoms with van der Waals surface area (Å²) in [6.45, 7) is 0.420. The summed E-state index contributed by atoms with van der Waals surface area (Å²) in [5.74, 6) is 0.526. The van der Waals surface area contributed by atoms with Gasteiger partial charge in [0, 0.05) is 9.77 Å². The number of nitrogens with zero attached hydrogens (tertiary/aromatic N) is 1. The normalized spacial score (nSPS) is 9.95. The molecule has 4 nitrogen and oxygen atoms in total. The van der Waals surface area contributed by atoms with Crippen LogP contribution in [0.1, 0.15) is 5.69 Å². The zero-order valence-corrected chi connectivity index (χ0v) is 12.3. The van der Waals surface area contributed by atoms with Crippen molar-refractivity contribution in [3.63, 3.8) is 0 Å². The van der Waals surface area contributed by atoms with Gasteiger partial charge in [-0.1, -0.05) is 6.07 Å². The van der Waals surface area contributed by atoms with Crippen molar-refractivity contribution in [1.29, 1.82) is 0 Å². The van der Waals surface area contributed by atoms with Crippen molar-refractivity contribution in [3.05, 3.63) is 57.9 Å². The second kappa shape index (κ2) is 7.08. The van der Waals surface area contributed by atoms with Crippen LogP contribution in [0.4, 0.5) is 0 Å². The zero-order valence-electron chi connectivity index (χ0n) is 10.2. The molecule has 19 heavy (non-hydrogen) atoms. The van der Waals surface area contributed by atoms with Gasteiger partial charge < -0.3 is 10.1 Å². The lowest BCUT2D eigenvalue weighted by molar-refractivity contribution is -0.123. The maximum Gasteiger partial charge on any atom is 0.258 e. The van der Waals surface area contributed by atoms with Crippen molar-refractivity contribution in [2.75, 3.05) is 6.61 Å². The summed E-state index contributed by atoms with van der Waals surface area (Å²) in [5.41, 5.74) is 0.824. The molecule has 0 saturated carbocycles. The van der Waals surface area contributed by atoms with E-state index in [4.69, 9.17) is 4.74 Å². The van der Waals surface area contributed by atoms with E-state index < -0.39 is 0 Å². The van der Waals surface area contributed by atoms with Gasteiger partial charge in [-0.3, -0.25) is 9.78 Å². The Morgan fingerprint density at radius 2 is 2.00 bits per heavy atom. The third-order valence-electron chi connectivity index (χ3n) is 2.38. The molecule has 0 aliphatic carbocycles. The largest absolute Gasteiger partial charge is 0.484 e. The fraction of sp³-hybridized carbons (Fsp3) is 0.143. The van der Waals surface area contributed by atoms with Crippen LogP contribution in [0.15, 0.2) is 48.7 Å². The summed E-state index contributed by atoms with van der Waals surface area (Å²) in [4.78, 5) is 15.7. The van der Waals surface area contributed by atoms with E-state index in [1.807, 2.05) is 42.5 Å². The van der Waals surface area contributed by atoms with Crippen molar-refractivity contribution in [2.45, 2.75) is 6.54 Å². The van der Waals surface area contributed by atoms with Gasteiger partial charge in [-0.25, -0.2) is 0 Å². The number of hydrogen-bond donors (Lipinski definition) is 1. The lowest BCUT2D eigenvalue weighted by Crippen LogP contribution is -2.28. The van der Waals surface area contributed by atoms with Crippen molar-refractivity contribution in [2.24, 2.45) is 0 Å². The first-order valence-electron chi connectivity index (χ1n) is 5.79. The Kier molecular flexibility index (Phi) is 5.14. The van der Waals surface area contributed by atoms with Gasteiger partial charge in [-0.15, -0.1) is 0 Å². The fourth-order valence-electron chi connectivity index (χ4n) is 1.42. The number of hydrogen-bond acceptors (Lipinski definition) is 3. The molecule has 1 amide bonds. The second-order valence-corrected chi connectivity index (χ2v) is 5.09. The summed E-state index contributed by atoms with van der Waals surface area (Å²) in [7, 11) is 0. The number of carbonyl (C=O) groups excluding carboxylic acids is 1. The van der Waals surface area contributed by atoms with Crippen LogP contribution in [0, 0.1) is 3.57 Å². The number of carbonyl (C=O) groups is 1. The van der Waals surface area contributed by atoms with Crippen LogP contribution in [0.2, 0.25) is 0 Å². The second-order valence-electron chi connectivity index (χ2n) is 3.84. The monoisotopic (exact) mass is 368 g/mol. The summed E-state index contributed by atoms with van der Waals surface area (Å²) in [6.07, 6.45) is 1.70. The van der Waals surface area contributed by atoms with E-state index in [2.05, 4.69) is 32.9 Å². The molecule has 0 unspecified atom stereocenters. The van der Waals surface area contributed by atoms with Crippen LogP contribution >= 0.6 is 22.6 Å². The zero-order chi connectivity index (χ0) is 13.5. The van der Waals surface area contributed by atoms with Gasteiger partial charge in [0.05, 0.1) is 12.2 Å². The van der Waals surface area contributed by atoms with E-state index >= 15 is 0 Å². The average Bonchev–Trinajstić information content (AvgIpc) is 2.45. The van der Waals surface area contributed by atoms with Crippen LogP contribution in [0.5, 0.6) is 5.75 Å². The number of benzene rings is 1. The highest BCUT2D eigenvalue weighted by Crippen LogP contribution is 2.13. The van der Waals surface area contributed by atoms with E-state index in [1.165, 1.54) is 0 Å². The number of aromatic nitrogens is 1. The average molecular weight is 368 g/mol. The fourth-order valence-corrected chi connectivity index (χ4v) is 1.78. The first kappa shape index (κ1) is 13.8. The lowest BCUT2D eigenvalue weighted by Gasteiger charge is -2.07. The minimum absolute atomic E-state index is 0.00737. The van der Waals surface area contributed by atoms with Crippen LogP contribution in [0.25, 0.3) is 0 Å². The Morgan fingerprint density at radius 1 is 1.21 bits per heavy atom. The van der Waals surface area contributed by atoms with Gasteiger partial charge >= 0.3 is 0 Å². The lowest BCUT2D eigenvalue weighted by atomic mass is 10.3. The molecule has 2 rings (SSSR count). The highest BCUT2D eigenvalue weighted by molar-refractivity contribution is 14.1. The molecular formula is C14H13IN2O2. The first-order valence-corrected chi connectivity index (χ1v) is 6.87. The van der Waals surface area contributed by atoms with Crippen LogP contribution in [0.3, 0.4) is 0 Å². The number of nitrogens with one attached hydrogen (secondary N) is 1. The minimum atomic E-state index is -0.163. The van der Waals surface area contributed by atoms with E-state index in [1.54, 1.807) is 6.20 Å². The number of halogens is 1. The first-order chi connectivity index (χ1) is 9.24. The van der Waals surface area contributed by atoms with E-state index in [9.17, 15) is 4.79 Å². The molecule has 1 heterocycles. The molecule has 0 aliphatic heterocycles. The molecule has 0 aliphatic rings. The highest BCUT2D eigenvalue weighted by Gasteiger charge is 2.03. The smallest absolute Gasteiger partial charge is 0.258 e. The van der Waals surface area contributed by atoms with Gasteiger partial charge in [-0.05, 0) is 59.0 Å². The van der Waals surface area contributed by atoms with Gasteiger partial charge in [0.1, 0.15) is 5.75 Å². The number of amides is 1. The number of rotatable bonds is 5. The van der Waals surface area contributed by atoms with Crippen molar-refractivity contribution in [3.8, 4) is 5.75 Å². The highest BCUT2D eigenvalue weighted by atomic mass is 127. The molecular weight excluding hydrogens is 355 g/mol. The minimum Gasteiger partial charge on any atom is -0.484 e. The predicted molar refractivity (Wildman–Crippen MR) is 80.7 cm³/mol. The third kappa shape index (κ3) is 4.86. The molecule has 5 heteroatoms.